The summed E-state index contributed by atoms with van der Waals surface area (Å²) in [5.74, 6) is 0. The quantitative estimate of drug-likeness (QED) is 0.648. The second kappa shape index (κ2) is 2.31. The van der Waals surface area contributed by atoms with Crippen molar-refractivity contribution in [1.82, 2.24) is 9.78 Å². The molecule has 0 saturated carbocycles. The number of nitrogens with zero attached hydrogens (tertiary/aromatic N) is 2. The van der Waals surface area contributed by atoms with Crippen LogP contribution in [0.3, 0.4) is 0 Å². The molecule has 0 aliphatic rings. The molecule has 0 aliphatic carbocycles. The third-order valence-corrected chi connectivity index (χ3v) is 1.67. The van der Waals surface area contributed by atoms with Crippen LogP contribution in [0.25, 0.3) is 0 Å². The number of aryl methyl sites for hydroxylation is 1. The number of halogens is 1. The van der Waals surface area contributed by atoms with E-state index in [1.165, 1.54) is 0 Å². The maximum absolute atomic E-state index is 9.95. The van der Waals surface area contributed by atoms with Gasteiger partial charge in [-0.1, -0.05) is 0 Å². The Labute approximate surface area is 60.8 Å². The summed E-state index contributed by atoms with van der Waals surface area (Å²) in [7, 11) is 1.74. The molecule has 9 heavy (non-hydrogen) atoms. The van der Waals surface area contributed by atoms with Gasteiger partial charge < -0.3 is 0 Å². The maximum Gasteiger partial charge on any atom is 0.255 e. The molecule has 0 N–H and O–H groups in total. The molecule has 1 aromatic rings. The molecule has 1 rings (SSSR count). The minimum Gasteiger partial charge on any atom is -0.283 e. The van der Waals surface area contributed by atoms with Gasteiger partial charge in [0.05, 0.1) is 0 Å². The third kappa shape index (κ3) is 1.18. The van der Waals surface area contributed by atoms with Crippen LogP contribution in [0.4, 0.5) is 0 Å². The van der Waals surface area contributed by atoms with Gasteiger partial charge in [0.25, 0.3) is 6.29 Å². The predicted octanol–water partition coefficient (Wildman–Crippen LogP) is 0.640. The Kier molecular flexibility index (Phi) is 1.66. The summed E-state index contributed by atoms with van der Waals surface area (Å²) in [4.78, 5) is 9.95. The molecule has 3 nitrogen and oxygen atoms in total. The molecule has 0 fully saturated rings. The van der Waals surface area contributed by atoms with Crippen LogP contribution in [-0.2, 0) is 11.8 Å². The zero-order valence-electron chi connectivity index (χ0n) is 4.76. The fourth-order valence-electron chi connectivity index (χ4n) is 0.494. The van der Waals surface area contributed by atoms with Gasteiger partial charge in [0.15, 0.2) is 0 Å². The first kappa shape index (κ1) is 6.48. The van der Waals surface area contributed by atoms with Gasteiger partial charge >= 0.3 is 0 Å². The summed E-state index contributed by atoms with van der Waals surface area (Å²) in [6.45, 7) is 0. The van der Waals surface area contributed by atoms with Crippen molar-refractivity contribution in [3.05, 3.63) is 16.4 Å². The topological polar surface area (TPSA) is 34.9 Å². The van der Waals surface area contributed by atoms with E-state index in [0.717, 1.165) is 4.60 Å². The van der Waals surface area contributed by atoms with E-state index in [9.17, 15) is 4.79 Å². The molecule has 0 atom stereocenters. The van der Waals surface area contributed by atoms with Crippen LogP contribution in [0.5, 0.6) is 0 Å². The Morgan fingerprint density at radius 1 is 1.89 bits per heavy atom. The van der Waals surface area contributed by atoms with Gasteiger partial charge in [0, 0.05) is 13.1 Å². The molecule has 0 unspecified atom stereocenters. The molecular formula is C5H4BrN2O. The second-order valence-electron chi connectivity index (χ2n) is 1.58. The smallest absolute Gasteiger partial charge is 0.255 e. The Morgan fingerprint density at radius 2 is 2.56 bits per heavy atom. The van der Waals surface area contributed by atoms with Gasteiger partial charge in [-0.25, -0.2) is 0 Å². The Hall–Kier alpha value is -0.640. The SMILES string of the molecule is Cn1nc([C]=O)cc1Br. The van der Waals surface area contributed by atoms with Crippen molar-refractivity contribution in [3.63, 3.8) is 0 Å². The van der Waals surface area contributed by atoms with Crippen LogP contribution in [0.2, 0.25) is 0 Å². The molecule has 1 aromatic heterocycles. The maximum atomic E-state index is 9.95. The van der Waals surface area contributed by atoms with Crippen molar-refractivity contribution in [2.75, 3.05) is 0 Å². The van der Waals surface area contributed by atoms with E-state index in [-0.39, 0.29) is 0 Å². The predicted molar refractivity (Wildman–Crippen MR) is 35.7 cm³/mol. The lowest BCUT2D eigenvalue weighted by Gasteiger charge is -1.85. The van der Waals surface area contributed by atoms with E-state index in [4.69, 9.17) is 0 Å². The van der Waals surface area contributed by atoms with Crippen molar-refractivity contribution >= 4 is 22.2 Å². The fourth-order valence-corrected chi connectivity index (χ4v) is 0.790. The Bertz CT molecular complexity index is 211. The summed E-state index contributed by atoms with van der Waals surface area (Å²) in [6.07, 6.45) is 1.68. The van der Waals surface area contributed by atoms with Gasteiger partial charge in [-0.05, 0) is 15.9 Å². The van der Waals surface area contributed by atoms with E-state index in [2.05, 4.69) is 21.0 Å². The third-order valence-electron chi connectivity index (χ3n) is 0.927. The van der Waals surface area contributed by atoms with Gasteiger partial charge in [-0.15, -0.1) is 0 Å². The zero-order valence-corrected chi connectivity index (χ0v) is 6.34. The minimum absolute atomic E-state index is 0.323. The number of rotatable bonds is 1. The standard InChI is InChI=1S/C5H4BrN2O/c1-8-5(6)2-4(3-9)7-8/h2H,1H3. The van der Waals surface area contributed by atoms with Crippen molar-refractivity contribution in [2.24, 2.45) is 7.05 Å². The zero-order chi connectivity index (χ0) is 6.85. The van der Waals surface area contributed by atoms with Crippen LogP contribution in [0, 0.1) is 0 Å². The van der Waals surface area contributed by atoms with E-state index in [0.29, 0.717) is 5.69 Å². The Morgan fingerprint density at radius 3 is 2.78 bits per heavy atom. The monoisotopic (exact) mass is 187 g/mol. The van der Waals surface area contributed by atoms with Crippen molar-refractivity contribution in [3.8, 4) is 0 Å². The number of hydrogen-bond donors (Lipinski definition) is 0. The van der Waals surface area contributed by atoms with Crippen molar-refractivity contribution < 1.29 is 4.79 Å². The molecular weight excluding hydrogens is 184 g/mol. The number of aromatic nitrogens is 2. The minimum atomic E-state index is 0.323. The molecule has 1 radical (unpaired) electrons. The first-order valence-corrected chi connectivity index (χ1v) is 3.11. The molecule has 0 amide bonds. The van der Waals surface area contributed by atoms with Gasteiger partial charge in [0.2, 0.25) is 0 Å². The lowest BCUT2D eigenvalue weighted by molar-refractivity contribution is 0.560. The van der Waals surface area contributed by atoms with E-state index in [1.54, 1.807) is 24.1 Å². The van der Waals surface area contributed by atoms with Crippen LogP contribution in [0.1, 0.15) is 5.69 Å². The summed E-state index contributed by atoms with van der Waals surface area (Å²) in [6, 6.07) is 1.60. The molecule has 0 saturated heterocycles. The van der Waals surface area contributed by atoms with Crippen molar-refractivity contribution in [1.29, 1.82) is 0 Å². The fraction of sp³-hybridized carbons (Fsp3) is 0.200. The lowest BCUT2D eigenvalue weighted by Crippen LogP contribution is -1.90. The van der Waals surface area contributed by atoms with E-state index >= 15 is 0 Å². The highest BCUT2D eigenvalue weighted by Gasteiger charge is 1.99. The molecule has 47 valence electrons. The molecule has 0 spiro atoms. The lowest BCUT2D eigenvalue weighted by atomic mass is 10.5. The first-order valence-electron chi connectivity index (χ1n) is 2.31. The van der Waals surface area contributed by atoms with E-state index in [1.807, 2.05) is 0 Å². The summed E-state index contributed by atoms with van der Waals surface area (Å²) < 4.78 is 2.33. The summed E-state index contributed by atoms with van der Waals surface area (Å²) in [5, 5.41) is 3.77. The average molecular weight is 188 g/mol. The molecule has 4 heteroatoms. The number of hydrogen-bond acceptors (Lipinski definition) is 2. The molecule has 0 aliphatic heterocycles. The largest absolute Gasteiger partial charge is 0.283 e. The van der Waals surface area contributed by atoms with Gasteiger partial charge in [0.1, 0.15) is 10.3 Å². The van der Waals surface area contributed by atoms with Crippen LogP contribution in [-0.4, -0.2) is 16.1 Å². The van der Waals surface area contributed by atoms with Gasteiger partial charge in [-0.3, -0.25) is 9.48 Å². The van der Waals surface area contributed by atoms with Crippen LogP contribution < -0.4 is 0 Å². The van der Waals surface area contributed by atoms with Crippen LogP contribution in [0.15, 0.2) is 10.7 Å². The number of carbonyl (C=O) groups excluding carboxylic acids is 1. The van der Waals surface area contributed by atoms with Crippen LogP contribution >= 0.6 is 15.9 Å². The second-order valence-corrected chi connectivity index (χ2v) is 2.39. The molecule has 1 heterocycles. The average Bonchev–Trinajstić information content (AvgIpc) is 2.13. The van der Waals surface area contributed by atoms with Crippen molar-refractivity contribution in [2.45, 2.75) is 0 Å². The highest BCUT2D eigenvalue weighted by atomic mass is 79.9. The summed E-state index contributed by atoms with van der Waals surface area (Å²) >= 11 is 3.18. The Balaban J connectivity index is 3.11. The van der Waals surface area contributed by atoms with Gasteiger partial charge in [-0.2, -0.15) is 5.10 Å². The normalized spacial score (nSPS) is 9.56. The first-order chi connectivity index (χ1) is 4.24. The highest BCUT2D eigenvalue weighted by molar-refractivity contribution is 9.10. The summed E-state index contributed by atoms with van der Waals surface area (Å²) in [5.41, 5.74) is 0.323. The van der Waals surface area contributed by atoms with E-state index < -0.39 is 0 Å². The molecule has 0 aromatic carbocycles. The highest BCUT2D eigenvalue weighted by Crippen LogP contribution is 2.07. The molecule has 0 bridgehead atoms.